The van der Waals surface area contributed by atoms with Gasteiger partial charge in [-0.15, -0.1) is 12.4 Å². The van der Waals surface area contributed by atoms with E-state index in [1.54, 1.807) is 18.2 Å². The summed E-state index contributed by atoms with van der Waals surface area (Å²) in [6, 6.07) is 13.4. The van der Waals surface area contributed by atoms with Gasteiger partial charge in [0, 0.05) is 24.2 Å². The Kier molecular flexibility index (Phi) is 8.22. The zero-order valence-corrected chi connectivity index (χ0v) is 14.5. The summed E-state index contributed by atoms with van der Waals surface area (Å²) in [7, 11) is 1.81. The third-order valence-electron chi connectivity index (χ3n) is 3.38. The van der Waals surface area contributed by atoms with E-state index in [2.05, 4.69) is 10.6 Å². The average molecular weight is 353 g/mol. The maximum absolute atomic E-state index is 12.9. The molecule has 0 heterocycles. The molecule has 2 aromatic carbocycles. The molecule has 0 radical (unpaired) electrons. The van der Waals surface area contributed by atoms with E-state index in [0.29, 0.717) is 24.6 Å². The molecule has 0 fully saturated rings. The van der Waals surface area contributed by atoms with Gasteiger partial charge >= 0.3 is 0 Å². The Morgan fingerprint density at radius 3 is 2.58 bits per heavy atom. The van der Waals surface area contributed by atoms with Crippen LogP contribution in [0.3, 0.4) is 0 Å². The minimum atomic E-state index is -0.269. The van der Waals surface area contributed by atoms with Gasteiger partial charge in [0.1, 0.15) is 18.2 Å². The van der Waals surface area contributed by atoms with Gasteiger partial charge in [0.2, 0.25) is 5.91 Å². The maximum atomic E-state index is 12.9. The number of rotatable bonds is 7. The fourth-order valence-corrected chi connectivity index (χ4v) is 2.08. The molecule has 1 atom stereocenters. The third kappa shape index (κ3) is 6.18. The van der Waals surface area contributed by atoms with Gasteiger partial charge in [-0.2, -0.15) is 0 Å². The lowest BCUT2D eigenvalue weighted by molar-refractivity contribution is -0.119. The normalized spacial score (nSPS) is 11.3. The van der Waals surface area contributed by atoms with E-state index >= 15 is 0 Å². The van der Waals surface area contributed by atoms with Gasteiger partial charge in [0.15, 0.2) is 0 Å². The van der Waals surface area contributed by atoms with Gasteiger partial charge in [0.25, 0.3) is 0 Å². The van der Waals surface area contributed by atoms with Crippen LogP contribution < -0.4 is 15.4 Å². The number of nitrogens with one attached hydrogen (secondary N) is 2. The molecule has 0 aliphatic rings. The Bertz CT molecular complexity index is 650. The molecule has 0 aliphatic carbocycles. The van der Waals surface area contributed by atoms with Crippen molar-refractivity contribution >= 4 is 24.0 Å². The van der Waals surface area contributed by atoms with Crippen LogP contribution in [-0.4, -0.2) is 19.5 Å². The lowest BCUT2D eigenvalue weighted by atomic mass is 10.1. The van der Waals surface area contributed by atoms with E-state index in [4.69, 9.17) is 4.74 Å². The average Bonchev–Trinajstić information content (AvgIpc) is 2.55. The van der Waals surface area contributed by atoms with E-state index < -0.39 is 0 Å². The molecule has 4 nitrogen and oxygen atoms in total. The van der Waals surface area contributed by atoms with Crippen LogP contribution in [0.15, 0.2) is 48.5 Å². The standard InChI is InChI=1S/C18H21FN2O2.ClH/c1-13(11-20-2)18(22)21-16-4-3-5-17(10-16)23-12-14-6-8-15(19)9-7-14;/h3-10,13,20H,11-12H2,1-2H3,(H,21,22);1H. The van der Waals surface area contributed by atoms with Crippen LogP contribution in [-0.2, 0) is 11.4 Å². The summed E-state index contributed by atoms with van der Waals surface area (Å²) in [4.78, 5) is 12.0. The summed E-state index contributed by atoms with van der Waals surface area (Å²) in [5, 5.41) is 5.84. The second-order valence-corrected chi connectivity index (χ2v) is 5.39. The highest BCUT2D eigenvalue weighted by molar-refractivity contribution is 5.92. The number of benzene rings is 2. The van der Waals surface area contributed by atoms with Gasteiger partial charge in [-0.3, -0.25) is 4.79 Å². The number of amides is 1. The van der Waals surface area contributed by atoms with Crippen molar-refractivity contribution in [2.45, 2.75) is 13.5 Å². The second kappa shape index (κ2) is 9.90. The van der Waals surface area contributed by atoms with Crippen LogP contribution in [0.1, 0.15) is 12.5 Å². The van der Waals surface area contributed by atoms with Gasteiger partial charge in [-0.25, -0.2) is 4.39 Å². The molecule has 0 bridgehead atoms. The van der Waals surface area contributed by atoms with Gasteiger partial charge in [0.05, 0.1) is 0 Å². The van der Waals surface area contributed by atoms with Crippen molar-refractivity contribution in [1.82, 2.24) is 5.32 Å². The molecule has 6 heteroatoms. The molecule has 2 rings (SSSR count). The number of carbonyl (C=O) groups is 1. The van der Waals surface area contributed by atoms with Crippen molar-refractivity contribution in [3.8, 4) is 5.75 Å². The molecule has 0 saturated carbocycles. The molecule has 0 aromatic heterocycles. The van der Waals surface area contributed by atoms with Crippen LogP contribution in [0, 0.1) is 11.7 Å². The molecular formula is C18H22ClFN2O2. The number of carbonyl (C=O) groups excluding carboxylic acids is 1. The highest BCUT2D eigenvalue weighted by atomic mass is 35.5. The van der Waals surface area contributed by atoms with Crippen molar-refractivity contribution < 1.29 is 13.9 Å². The summed E-state index contributed by atoms with van der Waals surface area (Å²) in [5.74, 6) is 0.210. The Morgan fingerprint density at radius 1 is 1.21 bits per heavy atom. The fraction of sp³-hybridized carbons (Fsp3) is 0.278. The Morgan fingerprint density at radius 2 is 1.92 bits per heavy atom. The minimum Gasteiger partial charge on any atom is -0.489 e. The number of halogens is 2. The minimum absolute atomic E-state index is 0. The monoisotopic (exact) mass is 352 g/mol. The van der Waals surface area contributed by atoms with Crippen LogP contribution in [0.5, 0.6) is 5.75 Å². The van der Waals surface area contributed by atoms with E-state index in [1.807, 2.05) is 32.2 Å². The Hall–Kier alpha value is -2.11. The predicted molar refractivity (Wildman–Crippen MR) is 96.1 cm³/mol. The van der Waals surface area contributed by atoms with Crippen molar-refractivity contribution in [1.29, 1.82) is 0 Å². The van der Waals surface area contributed by atoms with E-state index in [-0.39, 0.29) is 30.0 Å². The second-order valence-electron chi connectivity index (χ2n) is 5.39. The Labute approximate surface area is 147 Å². The lowest BCUT2D eigenvalue weighted by Gasteiger charge is -2.13. The first-order valence-electron chi connectivity index (χ1n) is 7.51. The number of anilines is 1. The summed E-state index contributed by atoms with van der Waals surface area (Å²) in [5.41, 5.74) is 1.57. The number of hydrogen-bond acceptors (Lipinski definition) is 3. The molecule has 0 aliphatic heterocycles. The first-order valence-corrected chi connectivity index (χ1v) is 7.51. The lowest BCUT2D eigenvalue weighted by Crippen LogP contribution is -2.28. The predicted octanol–water partition coefficient (Wildman–Crippen LogP) is 3.62. The van der Waals surface area contributed by atoms with Crippen LogP contribution in [0.2, 0.25) is 0 Å². The molecule has 2 N–H and O–H groups in total. The van der Waals surface area contributed by atoms with Crippen molar-refractivity contribution in [3.63, 3.8) is 0 Å². The molecule has 1 unspecified atom stereocenters. The molecule has 24 heavy (non-hydrogen) atoms. The first-order chi connectivity index (χ1) is 11.1. The largest absolute Gasteiger partial charge is 0.489 e. The molecular weight excluding hydrogens is 331 g/mol. The molecule has 1 amide bonds. The summed E-state index contributed by atoms with van der Waals surface area (Å²) >= 11 is 0. The number of ether oxygens (including phenoxy) is 1. The first kappa shape index (κ1) is 19.9. The Balaban J connectivity index is 0.00000288. The van der Waals surface area contributed by atoms with Crippen molar-refractivity contribution in [2.24, 2.45) is 5.92 Å². The van der Waals surface area contributed by atoms with Crippen LogP contribution >= 0.6 is 12.4 Å². The molecule has 0 saturated heterocycles. The topological polar surface area (TPSA) is 50.4 Å². The summed E-state index contributed by atoms with van der Waals surface area (Å²) < 4.78 is 18.5. The van der Waals surface area contributed by atoms with Crippen molar-refractivity contribution in [3.05, 3.63) is 59.9 Å². The molecule has 0 spiro atoms. The summed E-state index contributed by atoms with van der Waals surface area (Å²) in [6.45, 7) is 2.82. The number of hydrogen-bond donors (Lipinski definition) is 2. The highest BCUT2D eigenvalue weighted by Gasteiger charge is 2.12. The SMILES string of the molecule is CNCC(C)C(=O)Nc1cccc(OCc2ccc(F)cc2)c1.Cl. The van der Waals surface area contributed by atoms with Crippen LogP contribution in [0.4, 0.5) is 10.1 Å². The highest BCUT2D eigenvalue weighted by Crippen LogP contribution is 2.19. The van der Waals surface area contributed by atoms with E-state index in [9.17, 15) is 9.18 Å². The van der Waals surface area contributed by atoms with Gasteiger partial charge in [-0.1, -0.05) is 25.1 Å². The van der Waals surface area contributed by atoms with E-state index in [1.165, 1.54) is 12.1 Å². The van der Waals surface area contributed by atoms with Gasteiger partial charge in [-0.05, 0) is 36.9 Å². The fourth-order valence-electron chi connectivity index (χ4n) is 2.08. The zero-order valence-electron chi connectivity index (χ0n) is 13.7. The van der Waals surface area contributed by atoms with E-state index in [0.717, 1.165) is 5.56 Å². The maximum Gasteiger partial charge on any atom is 0.228 e. The molecule has 2 aromatic rings. The smallest absolute Gasteiger partial charge is 0.228 e. The van der Waals surface area contributed by atoms with Gasteiger partial charge < -0.3 is 15.4 Å². The van der Waals surface area contributed by atoms with Crippen LogP contribution in [0.25, 0.3) is 0 Å². The molecule has 130 valence electrons. The zero-order chi connectivity index (χ0) is 16.7. The van der Waals surface area contributed by atoms with Crippen molar-refractivity contribution in [2.75, 3.05) is 18.9 Å². The third-order valence-corrected chi connectivity index (χ3v) is 3.38. The summed E-state index contributed by atoms with van der Waals surface area (Å²) in [6.07, 6.45) is 0. The quantitative estimate of drug-likeness (QED) is 0.800.